The van der Waals surface area contributed by atoms with Gasteiger partial charge in [0, 0.05) is 88.9 Å². The maximum absolute atomic E-state index is 13.2. The molecule has 0 bridgehead atoms. The van der Waals surface area contributed by atoms with E-state index in [1.165, 1.54) is 4.90 Å². The van der Waals surface area contributed by atoms with Gasteiger partial charge in [-0.1, -0.05) is 18.2 Å². The number of aromatic nitrogens is 5. The first-order chi connectivity index (χ1) is 21.6. The summed E-state index contributed by atoms with van der Waals surface area (Å²) in [6.07, 6.45) is 2.47. The minimum Gasteiger partial charge on any atom is -0.339 e. The average Bonchev–Trinajstić information content (AvgIpc) is 3.64. The summed E-state index contributed by atoms with van der Waals surface area (Å²) in [5.41, 5.74) is 4.19. The molecule has 10 nitrogen and oxygen atoms in total. The number of aryl methyl sites for hydroxylation is 1. The molecule has 0 N–H and O–H groups in total. The standard InChI is InChI=1S/C32H35F3N8O2/c1-39-16-12-36-28(39)22-40-17-19-42(20-18-40)31(45)25-6-4-23(5-7-25)21-27-37-30-26(3-2-13-43(30)38-27)24-9-14-41(15-10-24)29(44)8-11-32(33,34)35/h2-7,9,12-13,16H,8,10-11,14-15,17-22H2,1H3. The van der Waals surface area contributed by atoms with Crippen molar-refractivity contribution >= 4 is 23.0 Å². The summed E-state index contributed by atoms with van der Waals surface area (Å²) in [6.45, 7) is 4.32. The number of rotatable bonds is 8. The lowest BCUT2D eigenvalue weighted by Crippen LogP contribution is -2.48. The fourth-order valence-electron chi connectivity index (χ4n) is 5.81. The summed E-state index contributed by atoms with van der Waals surface area (Å²) in [5, 5.41) is 4.65. The molecule has 1 fully saturated rings. The van der Waals surface area contributed by atoms with Crippen LogP contribution in [0.4, 0.5) is 13.2 Å². The Morgan fingerprint density at radius 3 is 2.40 bits per heavy atom. The third kappa shape index (κ3) is 7.25. The van der Waals surface area contributed by atoms with Crippen LogP contribution in [0, 0.1) is 0 Å². The van der Waals surface area contributed by atoms with E-state index in [2.05, 4.69) is 15.0 Å². The smallest absolute Gasteiger partial charge is 0.339 e. The van der Waals surface area contributed by atoms with Crippen LogP contribution < -0.4 is 0 Å². The monoisotopic (exact) mass is 620 g/mol. The van der Waals surface area contributed by atoms with Crippen molar-refractivity contribution in [3.8, 4) is 0 Å². The third-order valence-electron chi connectivity index (χ3n) is 8.44. The first kappa shape index (κ1) is 30.5. The van der Waals surface area contributed by atoms with Gasteiger partial charge in [-0.25, -0.2) is 14.5 Å². The first-order valence-corrected chi connectivity index (χ1v) is 15.1. The number of benzene rings is 1. The Labute approximate surface area is 258 Å². The molecule has 1 saturated heterocycles. The number of hydrogen-bond donors (Lipinski definition) is 0. The van der Waals surface area contributed by atoms with Crippen LogP contribution in [-0.4, -0.2) is 96.1 Å². The average molecular weight is 621 g/mol. The Kier molecular flexibility index (Phi) is 8.70. The van der Waals surface area contributed by atoms with Crippen molar-refractivity contribution in [2.75, 3.05) is 39.3 Å². The predicted octanol–water partition coefficient (Wildman–Crippen LogP) is 3.97. The maximum atomic E-state index is 13.2. The molecule has 0 unspecified atom stereocenters. The van der Waals surface area contributed by atoms with Crippen molar-refractivity contribution < 1.29 is 22.8 Å². The second kappa shape index (κ2) is 12.8. The van der Waals surface area contributed by atoms with Crippen molar-refractivity contribution in [2.45, 2.75) is 38.4 Å². The number of alkyl halides is 3. The highest BCUT2D eigenvalue weighted by Gasteiger charge is 2.30. The summed E-state index contributed by atoms with van der Waals surface area (Å²) in [7, 11) is 1.99. The second-order valence-corrected chi connectivity index (χ2v) is 11.5. The summed E-state index contributed by atoms with van der Waals surface area (Å²) >= 11 is 0. The Bertz CT molecular complexity index is 1700. The molecule has 236 valence electrons. The Morgan fingerprint density at radius 2 is 1.73 bits per heavy atom. The van der Waals surface area contributed by atoms with Crippen LogP contribution >= 0.6 is 0 Å². The van der Waals surface area contributed by atoms with Gasteiger partial charge >= 0.3 is 6.18 Å². The van der Waals surface area contributed by atoms with E-state index in [0.717, 1.165) is 42.2 Å². The number of nitrogens with zero attached hydrogens (tertiary/aromatic N) is 8. The van der Waals surface area contributed by atoms with Crippen LogP contribution in [0.15, 0.2) is 61.1 Å². The lowest BCUT2D eigenvalue weighted by molar-refractivity contribution is -0.148. The first-order valence-electron chi connectivity index (χ1n) is 15.1. The van der Waals surface area contributed by atoms with E-state index in [1.54, 1.807) is 10.7 Å². The van der Waals surface area contributed by atoms with Crippen molar-refractivity contribution in [3.63, 3.8) is 0 Å². The molecular weight excluding hydrogens is 585 g/mol. The van der Waals surface area contributed by atoms with Gasteiger partial charge in [-0.15, -0.1) is 0 Å². The van der Waals surface area contributed by atoms with Crippen LogP contribution in [0.3, 0.4) is 0 Å². The number of carbonyl (C=O) groups excluding carboxylic acids is 2. The molecule has 0 aliphatic carbocycles. The summed E-state index contributed by atoms with van der Waals surface area (Å²) in [4.78, 5) is 40.3. The second-order valence-electron chi connectivity index (χ2n) is 11.5. The van der Waals surface area contributed by atoms with Crippen LogP contribution in [0.25, 0.3) is 11.2 Å². The van der Waals surface area contributed by atoms with Crippen molar-refractivity contribution in [3.05, 3.63) is 89.4 Å². The summed E-state index contributed by atoms with van der Waals surface area (Å²) in [5.74, 6) is 1.18. The van der Waals surface area contributed by atoms with E-state index in [0.29, 0.717) is 49.5 Å². The molecule has 0 spiro atoms. The van der Waals surface area contributed by atoms with Crippen molar-refractivity contribution in [1.29, 1.82) is 0 Å². The number of imidazole rings is 1. The molecule has 3 aromatic heterocycles. The van der Waals surface area contributed by atoms with Gasteiger partial charge in [0.2, 0.25) is 5.91 Å². The molecule has 0 atom stereocenters. The zero-order chi connectivity index (χ0) is 31.6. The van der Waals surface area contributed by atoms with Crippen LogP contribution in [0.5, 0.6) is 0 Å². The van der Waals surface area contributed by atoms with E-state index in [4.69, 9.17) is 4.98 Å². The topological polar surface area (TPSA) is 91.9 Å². The van der Waals surface area contributed by atoms with Gasteiger partial charge in [-0.05, 0) is 41.8 Å². The molecule has 0 saturated carbocycles. The molecule has 2 aliphatic heterocycles. The number of halogens is 3. The van der Waals surface area contributed by atoms with Crippen molar-refractivity contribution in [2.24, 2.45) is 7.05 Å². The predicted molar refractivity (Wildman–Crippen MR) is 161 cm³/mol. The number of pyridine rings is 1. The quantitative estimate of drug-likeness (QED) is 0.296. The Balaban J connectivity index is 1.05. The number of piperazine rings is 1. The molecule has 2 aliphatic rings. The fourth-order valence-corrected chi connectivity index (χ4v) is 5.81. The Hall–Kier alpha value is -4.52. The highest BCUT2D eigenvalue weighted by molar-refractivity contribution is 5.94. The lowest BCUT2D eigenvalue weighted by atomic mass is 10.00. The van der Waals surface area contributed by atoms with Gasteiger partial charge in [-0.3, -0.25) is 14.5 Å². The summed E-state index contributed by atoms with van der Waals surface area (Å²) < 4.78 is 41.3. The number of hydrogen-bond acceptors (Lipinski definition) is 6. The molecular formula is C32H35F3N8O2. The molecule has 45 heavy (non-hydrogen) atoms. The Morgan fingerprint density at radius 1 is 0.956 bits per heavy atom. The van der Waals surface area contributed by atoms with Crippen LogP contribution in [0.2, 0.25) is 0 Å². The van der Waals surface area contributed by atoms with Gasteiger partial charge < -0.3 is 14.4 Å². The van der Waals surface area contributed by atoms with Crippen LogP contribution in [0.1, 0.15) is 52.4 Å². The molecule has 1 aromatic carbocycles. The molecule has 0 radical (unpaired) electrons. The lowest BCUT2D eigenvalue weighted by Gasteiger charge is -2.34. The van der Waals surface area contributed by atoms with Gasteiger partial charge in [0.25, 0.3) is 5.91 Å². The largest absolute Gasteiger partial charge is 0.389 e. The molecule has 2 amide bonds. The fraction of sp³-hybridized carbons (Fsp3) is 0.406. The van der Waals surface area contributed by atoms with Gasteiger partial charge in [0.15, 0.2) is 11.5 Å². The number of amides is 2. The normalized spacial score (nSPS) is 16.3. The van der Waals surface area contributed by atoms with Gasteiger partial charge in [0.05, 0.1) is 13.0 Å². The molecule has 6 rings (SSSR count). The number of carbonyl (C=O) groups is 2. The van der Waals surface area contributed by atoms with E-state index in [9.17, 15) is 22.8 Å². The van der Waals surface area contributed by atoms with Crippen molar-refractivity contribution in [1.82, 2.24) is 38.8 Å². The number of fused-ring (bicyclic) bond motifs is 1. The summed E-state index contributed by atoms with van der Waals surface area (Å²) in [6, 6.07) is 11.4. The minimum absolute atomic E-state index is 0.0232. The zero-order valence-electron chi connectivity index (χ0n) is 25.1. The van der Waals surface area contributed by atoms with E-state index < -0.39 is 24.9 Å². The van der Waals surface area contributed by atoms with Crippen LogP contribution in [-0.2, 0) is 24.8 Å². The zero-order valence-corrected chi connectivity index (χ0v) is 25.1. The highest BCUT2D eigenvalue weighted by atomic mass is 19.4. The highest BCUT2D eigenvalue weighted by Crippen LogP contribution is 2.27. The minimum atomic E-state index is -4.34. The molecule has 13 heteroatoms. The van der Waals surface area contributed by atoms with E-state index >= 15 is 0 Å². The molecule has 5 heterocycles. The maximum Gasteiger partial charge on any atom is 0.389 e. The van der Waals surface area contributed by atoms with E-state index in [1.807, 2.05) is 71.4 Å². The SMILES string of the molecule is Cn1ccnc1CN1CCN(C(=O)c2ccc(Cc3nc4c(C5=CCN(C(=O)CCC(F)(F)F)CC5)cccn4n3)cc2)CC1. The van der Waals surface area contributed by atoms with Gasteiger partial charge in [0.1, 0.15) is 5.82 Å². The van der Waals surface area contributed by atoms with Gasteiger partial charge in [-0.2, -0.15) is 18.3 Å². The third-order valence-corrected chi connectivity index (χ3v) is 8.44. The molecule has 4 aromatic rings. The van der Waals surface area contributed by atoms with E-state index in [-0.39, 0.29) is 12.5 Å².